The third-order valence-electron chi connectivity index (χ3n) is 3.46. The van der Waals surface area contributed by atoms with Gasteiger partial charge in [-0.1, -0.05) is 18.2 Å². The Bertz CT molecular complexity index is 525. The van der Waals surface area contributed by atoms with E-state index in [1.54, 1.807) is 0 Å². The SMILES string of the molecule is C[C@H]1CNCCN1Cc1nnc(-c2ccccc2)o1. The standard InChI is InChI=1S/C14H18N4O/c1-11-9-15-7-8-18(11)10-13-16-17-14(19-13)12-5-3-2-4-6-12/h2-6,11,15H,7-10H2,1H3/t11-/m0/s1. The highest BCUT2D eigenvalue weighted by molar-refractivity contribution is 5.51. The van der Waals surface area contributed by atoms with Crippen molar-refractivity contribution >= 4 is 0 Å². The largest absolute Gasteiger partial charge is 0.419 e. The van der Waals surface area contributed by atoms with E-state index in [2.05, 4.69) is 27.3 Å². The van der Waals surface area contributed by atoms with E-state index in [0.717, 1.165) is 31.7 Å². The summed E-state index contributed by atoms with van der Waals surface area (Å²) in [5.74, 6) is 1.28. The molecule has 0 saturated carbocycles. The van der Waals surface area contributed by atoms with Gasteiger partial charge in [-0.2, -0.15) is 0 Å². The smallest absolute Gasteiger partial charge is 0.247 e. The van der Waals surface area contributed by atoms with E-state index < -0.39 is 0 Å². The van der Waals surface area contributed by atoms with Crippen molar-refractivity contribution in [3.8, 4) is 11.5 Å². The third kappa shape index (κ3) is 2.83. The minimum atomic E-state index is 0.501. The van der Waals surface area contributed by atoms with Crippen LogP contribution in [0.25, 0.3) is 11.5 Å². The van der Waals surface area contributed by atoms with Crippen LogP contribution in [0, 0.1) is 0 Å². The van der Waals surface area contributed by atoms with Gasteiger partial charge >= 0.3 is 0 Å². The summed E-state index contributed by atoms with van der Waals surface area (Å²) < 4.78 is 5.74. The minimum Gasteiger partial charge on any atom is -0.419 e. The van der Waals surface area contributed by atoms with Crippen LogP contribution in [-0.4, -0.2) is 40.8 Å². The van der Waals surface area contributed by atoms with Crippen LogP contribution >= 0.6 is 0 Å². The van der Waals surface area contributed by atoms with E-state index in [1.165, 1.54) is 0 Å². The van der Waals surface area contributed by atoms with Crippen LogP contribution in [0.2, 0.25) is 0 Å². The number of nitrogens with one attached hydrogen (secondary N) is 1. The van der Waals surface area contributed by atoms with Crippen LogP contribution in [0.4, 0.5) is 0 Å². The number of rotatable bonds is 3. The monoisotopic (exact) mass is 258 g/mol. The second-order valence-corrected chi connectivity index (χ2v) is 4.89. The van der Waals surface area contributed by atoms with E-state index in [-0.39, 0.29) is 0 Å². The first-order chi connectivity index (χ1) is 9.33. The first kappa shape index (κ1) is 12.3. The maximum absolute atomic E-state index is 5.74. The maximum atomic E-state index is 5.74. The summed E-state index contributed by atoms with van der Waals surface area (Å²) in [7, 11) is 0. The molecule has 0 radical (unpaired) electrons. The summed E-state index contributed by atoms with van der Waals surface area (Å²) in [6, 6.07) is 10.4. The third-order valence-corrected chi connectivity index (χ3v) is 3.46. The Morgan fingerprint density at radius 1 is 1.32 bits per heavy atom. The quantitative estimate of drug-likeness (QED) is 0.905. The Kier molecular flexibility index (Phi) is 3.57. The Hall–Kier alpha value is -1.72. The van der Waals surface area contributed by atoms with Gasteiger partial charge in [0.1, 0.15) is 0 Å². The second-order valence-electron chi connectivity index (χ2n) is 4.89. The number of aromatic nitrogens is 2. The Balaban J connectivity index is 1.71. The molecule has 3 rings (SSSR count). The van der Waals surface area contributed by atoms with Crippen molar-refractivity contribution in [2.24, 2.45) is 0 Å². The van der Waals surface area contributed by atoms with Crippen LogP contribution in [0.5, 0.6) is 0 Å². The lowest BCUT2D eigenvalue weighted by Crippen LogP contribution is -2.49. The lowest BCUT2D eigenvalue weighted by atomic mass is 10.2. The molecule has 5 heteroatoms. The number of piperazine rings is 1. The average molecular weight is 258 g/mol. The lowest BCUT2D eigenvalue weighted by Gasteiger charge is -2.32. The van der Waals surface area contributed by atoms with E-state index in [9.17, 15) is 0 Å². The van der Waals surface area contributed by atoms with Gasteiger partial charge in [-0.3, -0.25) is 4.90 Å². The van der Waals surface area contributed by atoms with Crippen molar-refractivity contribution in [3.63, 3.8) is 0 Å². The van der Waals surface area contributed by atoms with Crippen molar-refractivity contribution < 1.29 is 4.42 Å². The minimum absolute atomic E-state index is 0.501. The molecule has 0 aliphatic carbocycles. The highest BCUT2D eigenvalue weighted by atomic mass is 16.4. The zero-order chi connectivity index (χ0) is 13.1. The lowest BCUT2D eigenvalue weighted by molar-refractivity contribution is 0.151. The molecule has 1 fully saturated rings. The van der Waals surface area contributed by atoms with Crippen LogP contribution in [0.3, 0.4) is 0 Å². The highest BCUT2D eigenvalue weighted by Crippen LogP contribution is 2.18. The molecule has 0 unspecified atom stereocenters. The van der Waals surface area contributed by atoms with Crippen LogP contribution in [-0.2, 0) is 6.54 Å². The van der Waals surface area contributed by atoms with E-state index >= 15 is 0 Å². The molecule has 1 aliphatic heterocycles. The molecule has 0 bridgehead atoms. The normalized spacial score (nSPS) is 20.6. The fraction of sp³-hybridized carbons (Fsp3) is 0.429. The molecule has 1 atom stereocenters. The van der Waals surface area contributed by atoms with Crippen molar-refractivity contribution in [1.82, 2.24) is 20.4 Å². The molecule has 5 nitrogen and oxygen atoms in total. The molecular formula is C14H18N4O. The van der Waals surface area contributed by atoms with Gasteiger partial charge in [-0.15, -0.1) is 10.2 Å². The predicted octanol–water partition coefficient (Wildman–Crippen LogP) is 1.53. The van der Waals surface area contributed by atoms with Gasteiger partial charge in [0.2, 0.25) is 11.8 Å². The van der Waals surface area contributed by atoms with Crippen molar-refractivity contribution in [3.05, 3.63) is 36.2 Å². The van der Waals surface area contributed by atoms with Crippen molar-refractivity contribution in [2.75, 3.05) is 19.6 Å². The number of hydrogen-bond donors (Lipinski definition) is 1. The molecule has 1 aliphatic rings. The van der Waals surface area contributed by atoms with Gasteiger partial charge in [0.15, 0.2) is 0 Å². The summed E-state index contributed by atoms with van der Waals surface area (Å²) in [5.41, 5.74) is 0.967. The van der Waals surface area contributed by atoms with Gasteiger partial charge in [0.25, 0.3) is 0 Å². The number of hydrogen-bond acceptors (Lipinski definition) is 5. The van der Waals surface area contributed by atoms with E-state index in [0.29, 0.717) is 17.8 Å². The molecule has 1 saturated heterocycles. The van der Waals surface area contributed by atoms with Gasteiger partial charge in [-0.05, 0) is 19.1 Å². The molecule has 100 valence electrons. The zero-order valence-electron chi connectivity index (χ0n) is 11.0. The molecule has 2 heterocycles. The molecular weight excluding hydrogens is 240 g/mol. The number of nitrogens with zero attached hydrogens (tertiary/aromatic N) is 3. The molecule has 0 spiro atoms. The topological polar surface area (TPSA) is 54.2 Å². The molecule has 1 aromatic carbocycles. The van der Waals surface area contributed by atoms with Crippen molar-refractivity contribution in [1.29, 1.82) is 0 Å². The summed E-state index contributed by atoms with van der Waals surface area (Å²) in [6.07, 6.45) is 0. The second kappa shape index (κ2) is 5.50. The fourth-order valence-corrected chi connectivity index (χ4v) is 2.31. The van der Waals surface area contributed by atoms with Crippen molar-refractivity contribution in [2.45, 2.75) is 19.5 Å². The van der Waals surface area contributed by atoms with E-state index in [1.807, 2.05) is 30.3 Å². The Morgan fingerprint density at radius 2 is 2.16 bits per heavy atom. The predicted molar refractivity (Wildman–Crippen MR) is 72.5 cm³/mol. The summed E-state index contributed by atoms with van der Waals surface area (Å²) in [4.78, 5) is 2.36. The molecule has 0 amide bonds. The van der Waals surface area contributed by atoms with Crippen LogP contribution in [0.15, 0.2) is 34.7 Å². The molecule has 1 aromatic heterocycles. The first-order valence-electron chi connectivity index (χ1n) is 6.65. The maximum Gasteiger partial charge on any atom is 0.247 e. The van der Waals surface area contributed by atoms with Gasteiger partial charge in [0.05, 0.1) is 6.54 Å². The fourth-order valence-electron chi connectivity index (χ4n) is 2.31. The van der Waals surface area contributed by atoms with Crippen LogP contribution in [0.1, 0.15) is 12.8 Å². The van der Waals surface area contributed by atoms with Gasteiger partial charge < -0.3 is 9.73 Å². The van der Waals surface area contributed by atoms with E-state index in [4.69, 9.17) is 4.42 Å². The van der Waals surface area contributed by atoms with Gasteiger partial charge in [0, 0.05) is 31.2 Å². The molecule has 1 N–H and O–H groups in total. The summed E-state index contributed by atoms with van der Waals surface area (Å²) in [5, 5.41) is 11.6. The zero-order valence-corrected chi connectivity index (χ0v) is 11.0. The molecule has 2 aromatic rings. The summed E-state index contributed by atoms with van der Waals surface area (Å²) >= 11 is 0. The highest BCUT2D eigenvalue weighted by Gasteiger charge is 2.20. The average Bonchev–Trinajstić information content (AvgIpc) is 2.91. The first-order valence-corrected chi connectivity index (χ1v) is 6.65. The molecule has 19 heavy (non-hydrogen) atoms. The summed E-state index contributed by atoms with van der Waals surface area (Å²) in [6.45, 7) is 5.98. The van der Waals surface area contributed by atoms with Crippen LogP contribution < -0.4 is 5.32 Å². The Morgan fingerprint density at radius 3 is 2.95 bits per heavy atom. The Labute approximate surface area is 112 Å². The van der Waals surface area contributed by atoms with Gasteiger partial charge in [-0.25, -0.2) is 0 Å². The number of benzene rings is 1.